The molecule has 3 aromatic rings. The second kappa shape index (κ2) is 8.78. The fraction of sp³-hybridized carbons (Fsp3) is 0.364. The molecule has 0 bridgehead atoms. The van der Waals surface area contributed by atoms with E-state index in [0.717, 1.165) is 59.9 Å². The summed E-state index contributed by atoms with van der Waals surface area (Å²) in [4.78, 5) is 17.7. The van der Waals surface area contributed by atoms with Crippen molar-refractivity contribution in [3.63, 3.8) is 0 Å². The molecule has 0 radical (unpaired) electrons. The summed E-state index contributed by atoms with van der Waals surface area (Å²) in [7, 11) is 2.00. The summed E-state index contributed by atoms with van der Waals surface area (Å²) in [5.41, 5.74) is 3.78. The highest BCUT2D eigenvalue weighted by Gasteiger charge is 2.15. The Kier molecular flexibility index (Phi) is 6.19. The predicted octanol–water partition coefficient (Wildman–Crippen LogP) is 3.82. The molecular weight excluding hydrogens is 348 g/mol. The van der Waals surface area contributed by atoms with Crippen LogP contribution in [0.4, 0.5) is 5.95 Å². The monoisotopic (exact) mass is 376 g/mol. The van der Waals surface area contributed by atoms with Crippen LogP contribution in [0, 0.1) is 19.3 Å². The molecule has 1 N–H and O–H groups in total. The quantitative estimate of drug-likeness (QED) is 0.501. The summed E-state index contributed by atoms with van der Waals surface area (Å²) < 4.78 is 0. The Morgan fingerprint density at radius 1 is 1.00 bits per heavy atom. The van der Waals surface area contributed by atoms with Crippen LogP contribution in [0.2, 0.25) is 0 Å². The Morgan fingerprint density at radius 3 is 2.46 bits per heavy atom. The maximum Gasteiger partial charge on any atom is 0.225 e. The summed E-state index contributed by atoms with van der Waals surface area (Å²) in [6.07, 6.45) is 2.77. The van der Waals surface area contributed by atoms with Crippen molar-refractivity contribution >= 4 is 22.7 Å². The van der Waals surface area contributed by atoms with Gasteiger partial charge in [-0.25, -0.2) is 9.97 Å². The number of nitrogens with one attached hydrogen (secondary N) is 1. The minimum atomic E-state index is 0.537. The lowest BCUT2D eigenvalue weighted by molar-refractivity contribution is 0.422. The molecule has 0 amide bonds. The van der Waals surface area contributed by atoms with Gasteiger partial charge in [-0.15, -0.1) is 0 Å². The number of amidine groups is 1. The van der Waals surface area contributed by atoms with Crippen molar-refractivity contribution in [1.82, 2.24) is 19.9 Å². The number of rotatable bonds is 7. The van der Waals surface area contributed by atoms with Gasteiger partial charge >= 0.3 is 0 Å². The van der Waals surface area contributed by atoms with Crippen LogP contribution >= 0.6 is 0 Å². The lowest BCUT2D eigenvalue weighted by Crippen LogP contribution is -2.38. The number of aryl methyl sites for hydroxylation is 2. The van der Waals surface area contributed by atoms with Crippen LogP contribution in [-0.4, -0.2) is 52.4 Å². The Balaban J connectivity index is 1.78. The van der Waals surface area contributed by atoms with Crippen molar-refractivity contribution in [2.45, 2.75) is 27.2 Å². The molecule has 3 rings (SSSR count). The smallest absolute Gasteiger partial charge is 0.225 e. The first-order valence-electron chi connectivity index (χ1n) is 9.70. The molecule has 0 saturated heterocycles. The van der Waals surface area contributed by atoms with Gasteiger partial charge in [-0.2, -0.15) is 0 Å². The van der Waals surface area contributed by atoms with E-state index in [4.69, 9.17) is 5.41 Å². The molecule has 1 aromatic carbocycles. The molecule has 0 atom stereocenters. The average molecular weight is 377 g/mol. The molecule has 2 aromatic heterocycles. The van der Waals surface area contributed by atoms with Gasteiger partial charge in [0.05, 0.1) is 5.52 Å². The number of anilines is 1. The molecular formula is C22H28N6. The van der Waals surface area contributed by atoms with E-state index >= 15 is 0 Å². The van der Waals surface area contributed by atoms with Crippen LogP contribution < -0.4 is 4.90 Å². The Morgan fingerprint density at radius 2 is 1.75 bits per heavy atom. The van der Waals surface area contributed by atoms with Crippen LogP contribution in [0.1, 0.15) is 30.3 Å². The summed E-state index contributed by atoms with van der Waals surface area (Å²) in [5.74, 6) is 1.27. The number of hydrogen-bond donors (Lipinski definition) is 1. The number of fused-ring (bicyclic) bond motifs is 1. The van der Waals surface area contributed by atoms with Gasteiger partial charge in [0.2, 0.25) is 5.95 Å². The van der Waals surface area contributed by atoms with E-state index in [1.54, 1.807) is 6.20 Å². The lowest BCUT2D eigenvalue weighted by atomic mass is 10.1. The zero-order valence-electron chi connectivity index (χ0n) is 17.1. The Bertz CT molecular complexity index is 943. The van der Waals surface area contributed by atoms with Crippen LogP contribution in [0.5, 0.6) is 0 Å². The van der Waals surface area contributed by atoms with E-state index in [-0.39, 0.29) is 0 Å². The third kappa shape index (κ3) is 4.44. The molecule has 0 spiro atoms. The van der Waals surface area contributed by atoms with Crippen molar-refractivity contribution in [1.29, 1.82) is 5.41 Å². The van der Waals surface area contributed by atoms with Gasteiger partial charge in [0, 0.05) is 55.2 Å². The van der Waals surface area contributed by atoms with Gasteiger partial charge < -0.3 is 9.80 Å². The van der Waals surface area contributed by atoms with Gasteiger partial charge in [0.15, 0.2) is 0 Å². The molecule has 146 valence electrons. The van der Waals surface area contributed by atoms with Crippen molar-refractivity contribution in [3.8, 4) is 0 Å². The minimum absolute atomic E-state index is 0.537. The first kappa shape index (κ1) is 19.7. The maximum atomic E-state index is 8.84. The average Bonchev–Trinajstić information content (AvgIpc) is 2.69. The molecule has 0 fully saturated rings. The molecule has 6 nitrogen and oxygen atoms in total. The molecule has 0 unspecified atom stereocenters. The van der Waals surface area contributed by atoms with Gasteiger partial charge in [0.25, 0.3) is 0 Å². The predicted molar refractivity (Wildman–Crippen MR) is 115 cm³/mol. The van der Waals surface area contributed by atoms with E-state index in [1.165, 1.54) is 0 Å². The maximum absolute atomic E-state index is 8.84. The molecule has 6 heteroatoms. The highest BCUT2D eigenvalue weighted by Crippen LogP contribution is 2.18. The third-order valence-corrected chi connectivity index (χ3v) is 4.73. The van der Waals surface area contributed by atoms with Crippen LogP contribution in [0.3, 0.4) is 0 Å². The number of hydrogen-bond acceptors (Lipinski definition) is 5. The van der Waals surface area contributed by atoms with Crippen LogP contribution in [0.15, 0.2) is 42.6 Å². The first-order valence-corrected chi connectivity index (χ1v) is 9.70. The van der Waals surface area contributed by atoms with Gasteiger partial charge in [-0.3, -0.25) is 10.4 Å². The van der Waals surface area contributed by atoms with E-state index in [1.807, 2.05) is 57.3 Å². The van der Waals surface area contributed by atoms with E-state index in [2.05, 4.69) is 31.7 Å². The summed E-state index contributed by atoms with van der Waals surface area (Å²) >= 11 is 0. The molecule has 0 aliphatic heterocycles. The molecule has 0 aliphatic carbocycles. The Hall–Kier alpha value is -3.02. The zero-order chi connectivity index (χ0) is 20.1. The topological polar surface area (TPSA) is 69.0 Å². The Labute approximate surface area is 166 Å². The van der Waals surface area contributed by atoms with Crippen molar-refractivity contribution < 1.29 is 0 Å². The molecule has 0 saturated carbocycles. The highest BCUT2D eigenvalue weighted by molar-refractivity contribution is 6.07. The second-order valence-electron chi connectivity index (χ2n) is 7.08. The minimum Gasteiger partial charge on any atom is -0.355 e. The fourth-order valence-corrected chi connectivity index (χ4v) is 3.33. The first-order chi connectivity index (χ1) is 13.5. The summed E-state index contributed by atoms with van der Waals surface area (Å²) in [6.45, 7) is 8.42. The van der Waals surface area contributed by atoms with Crippen molar-refractivity contribution in [3.05, 3.63) is 59.5 Å². The number of likely N-dealkylation sites (N-methyl/N-ethyl adjacent to an activating group) is 1. The standard InChI is InChI=1S/C22H28N6/c1-5-12-28(14-13-27(4)22-25-16(2)15-17(3)26-22)21(23)19-8-6-10-20-18(19)9-7-11-24-20/h6-11,15,23H,5,12-14H2,1-4H3. The number of nitrogens with zero attached hydrogens (tertiary/aromatic N) is 5. The largest absolute Gasteiger partial charge is 0.355 e. The van der Waals surface area contributed by atoms with Crippen LogP contribution in [0.25, 0.3) is 10.9 Å². The van der Waals surface area contributed by atoms with Gasteiger partial charge in [-0.05, 0) is 38.5 Å². The number of benzene rings is 1. The zero-order valence-corrected chi connectivity index (χ0v) is 17.1. The number of aromatic nitrogens is 3. The highest BCUT2D eigenvalue weighted by atomic mass is 15.3. The van der Waals surface area contributed by atoms with Crippen LogP contribution in [-0.2, 0) is 0 Å². The SMILES string of the molecule is CCCN(CCN(C)c1nc(C)cc(C)n1)C(=N)c1cccc2ncccc12. The second-order valence-corrected chi connectivity index (χ2v) is 7.08. The summed E-state index contributed by atoms with van der Waals surface area (Å²) in [5, 5.41) is 9.85. The van der Waals surface area contributed by atoms with Crippen molar-refractivity contribution in [2.24, 2.45) is 0 Å². The van der Waals surface area contributed by atoms with Gasteiger partial charge in [-0.1, -0.05) is 25.1 Å². The molecule has 2 heterocycles. The third-order valence-electron chi connectivity index (χ3n) is 4.73. The molecule has 0 aliphatic rings. The van der Waals surface area contributed by atoms with E-state index in [9.17, 15) is 0 Å². The summed E-state index contributed by atoms with van der Waals surface area (Å²) in [6, 6.07) is 11.9. The molecule has 28 heavy (non-hydrogen) atoms. The van der Waals surface area contributed by atoms with Gasteiger partial charge in [0.1, 0.15) is 5.84 Å². The van der Waals surface area contributed by atoms with Crippen molar-refractivity contribution in [2.75, 3.05) is 31.6 Å². The lowest BCUT2D eigenvalue weighted by Gasteiger charge is -2.28. The van der Waals surface area contributed by atoms with E-state index in [0.29, 0.717) is 5.84 Å². The number of pyridine rings is 1. The fourth-order valence-electron chi connectivity index (χ4n) is 3.33. The normalized spacial score (nSPS) is 10.9. The van der Waals surface area contributed by atoms with E-state index < -0.39 is 0 Å².